The molecule has 4 rings (SSSR count). The fourth-order valence-electron chi connectivity index (χ4n) is 4.17. The summed E-state index contributed by atoms with van der Waals surface area (Å²) >= 11 is 0. The zero-order chi connectivity index (χ0) is 22.3. The topological polar surface area (TPSA) is 84.0 Å². The lowest BCUT2D eigenvalue weighted by atomic mass is 9.93. The van der Waals surface area contributed by atoms with Crippen molar-refractivity contribution < 1.29 is 19.1 Å². The van der Waals surface area contributed by atoms with Gasteiger partial charge in [-0.3, -0.25) is 9.78 Å². The Morgan fingerprint density at radius 1 is 1.03 bits per heavy atom. The van der Waals surface area contributed by atoms with Crippen LogP contribution in [0.4, 0.5) is 10.5 Å². The highest BCUT2D eigenvalue weighted by molar-refractivity contribution is 5.90. The van der Waals surface area contributed by atoms with E-state index in [-0.39, 0.29) is 18.5 Å². The Kier molecular flexibility index (Phi) is 7.34. The summed E-state index contributed by atoms with van der Waals surface area (Å²) in [7, 11) is 1.61. The average molecular weight is 439 g/mol. The van der Waals surface area contributed by atoms with Gasteiger partial charge in [-0.1, -0.05) is 18.2 Å². The van der Waals surface area contributed by atoms with Gasteiger partial charge < -0.3 is 24.6 Å². The second-order valence-electron chi connectivity index (χ2n) is 8.31. The number of nitrogens with one attached hydrogen (secondary N) is 1. The van der Waals surface area contributed by atoms with Crippen LogP contribution in [0.5, 0.6) is 0 Å². The van der Waals surface area contributed by atoms with Gasteiger partial charge in [0.05, 0.1) is 13.2 Å². The van der Waals surface area contributed by atoms with Crippen LogP contribution in [0.3, 0.4) is 0 Å². The van der Waals surface area contributed by atoms with Crippen LogP contribution in [0.25, 0.3) is 0 Å². The van der Waals surface area contributed by atoms with E-state index in [9.17, 15) is 9.59 Å². The van der Waals surface area contributed by atoms with Crippen LogP contribution >= 0.6 is 0 Å². The maximum Gasteiger partial charge on any atom is 0.321 e. The lowest BCUT2D eigenvalue weighted by molar-refractivity contribution is -0.135. The van der Waals surface area contributed by atoms with E-state index in [4.69, 9.17) is 9.47 Å². The fraction of sp³-hybridized carbons (Fsp3) is 0.458. The first-order valence-electron chi connectivity index (χ1n) is 11.0. The van der Waals surface area contributed by atoms with Crippen LogP contribution in [-0.2, 0) is 14.3 Å². The number of urea groups is 1. The van der Waals surface area contributed by atoms with E-state index in [2.05, 4.69) is 16.4 Å². The summed E-state index contributed by atoms with van der Waals surface area (Å²) in [5.41, 5.74) is 3.13. The second-order valence-corrected chi connectivity index (χ2v) is 8.31. The summed E-state index contributed by atoms with van der Waals surface area (Å²) in [6.45, 7) is 3.85. The Labute approximate surface area is 188 Å². The monoisotopic (exact) mass is 438 g/mol. The molecule has 3 amide bonds. The van der Waals surface area contributed by atoms with Crippen molar-refractivity contribution in [3.63, 3.8) is 0 Å². The van der Waals surface area contributed by atoms with Gasteiger partial charge in [-0.15, -0.1) is 0 Å². The normalized spacial score (nSPS) is 18.5. The van der Waals surface area contributed by atoms with Crippen LogP contribution in [-0.4, -0.2) is 79.8 Å². The Bertz CT molecular complexity index is 900. The van der Waals surface area contributed by atoms with E-state index in [0.29, 0.717) is 44.7 Å². The van der Waals surface area contributed by atoms with Crippen LogP contribution in [0, 0.1) is 0 Å². The number of methoxy groups -OCH3 is 1. The second kappa shape index (κ2) is 10.6. The largest absolute Gasteiger partial charge is 0.382 e. The van der Waals surface area contributed by atoms with Gasteiger partial charge in [0.25, 0.3) is 0 Å². The third-order valence-electron chi connectivity index (χ3n) is 6.16. The highest BCUT2D eigenvalue weighted by atomic mass is 16.5. The molecule has 1 aromatic heterocycles. The molecule has 1 aromatic carbocycles. The first kappa shape index (κ1) is 22.2. The van der Waals surface area contributed by atoms with Crippen molar-refractivity contribution in [1.29, 1.82) is 0 Å². The molecule has 2 aliphatic heterocycles. The molecule has 0 bridgehead atoms. The molecular weight excluding hydrogens is 408 g/mol. The number of hydrogen-bond donors (Lipinski definition) is 1. The maximum absolute atomic E-state index is 12.5. The molecule has 0 aliphatic carbocycles. The van der Waals surface area contributed by atoms with Gasteiger partial charge >= 0.3 is 6.03 Å². The average Bonchev–Trinajstić information content (AvgIpc) is 3.27. The molecule has 0 radical (unpaired) electrons. The van der Waals surface area contributed by atoms with E-state index in [1.807, 2.05) is 41.4 Å². The summed E-state index contributed by atoms with van der Waals surface area (Å²) in [5, 5.41) is 2.97. The number of amides is 3. The number of rotatable bonds is 8. The van der Waals surface area contributed by atoms with Crippen molar-refractivity contribution in [2.24, 2.45) is 0 Å². The lowest BCUT2D eigenvalue weighted by Gasteiger charge is -2.39. The zero-order valence-corrected chi connectivity index (χ0v) is 18.4. The maximum atomic E-state index is 12.5. The zero-order valence-electron chi connectivity index (χ0n) is 18.4. The van der Waals surface area contributed by atoms with Gasteiger partial charge in [-0.05, 0) is 35.7 Å². The first-order chi connectivity index (χ1) is 15.6. The number of likely N-dealkylation sites (tertiary alicyclic amines) is 2. The predicted molar refractivity (Wildman–Crippen MR) is 121 cm³/mol. The highest BCUT2D eigenvalue weighted by Crippen LogP contribution is 2.29. The van der Waals surface area contributed by atoms with E-state index in [1.54, 1.807) is 18.2 Å². The first-order valence-corrected chi connectivity index (χ1v) is 11.0. The molecule has 8 nitrogen and oxygen atoms in total. The smallest absolute Gasteiger partial charge is 0.321 e. The number of nitrogens with zero attached hydrogens (tertiary/aromatic N) is 3. The molecule has 170 valence electrons. The van der Waals surface area contributed by atoms with E-state index in [1.165, 1.54) is 11.1 Å². The number of ether oxygens (including phenoxy) is 2. The van der Waals surface area contributed by atoms with Gasteiger partial charge in [0, 0.05) is 63.2 Å². The molecule has 1 N–H and O–H groups in total. The number of carbonyl (C=O) groups excluding carboxylic acids is 2. The molecular formula is C24H30N4O4. The molecule has 2 aromatic rings. The third kappa shape index (κ3) is 5.44. The van der Waals surface area contributed by atoms with Crippen molar-refractivity contribution in [1.82, 2.24) is 14.8 Å². The molecule has 1 atom stereocenters. The summed E-state index contributed by atoms with van der Waals surface area (Å²) in [5.74, 6) is 0.681. The van der Waals surface area contributed by atoms with Crippen LogP contribution in [0.1, 0.15) is 29.4 Å². The molecule has 2 fully saturated rings. The van der Waals surface area contributed by atoms with Crippen molar-refractivity contribution in [2.75, 3.05) is 58.4 Å². The van der Waals surface area contributed by atoms with Gasteiger partial charge in [-0.2, -0.15) is 0 Å². The van der Waals surface area contributed by atoms with Crippen molar-refractivity contribution in [3.8, 4) is 0 Å². The van der Waals surface area contributed by atoms with Crippen LogP contribution in [0.2, 0.25) is 0 Å². The molecule has 0 spiro atoms. The van der Waals surface area contributed by atoms with Crippen molar-refractivity contribution in [2.45, 2.75) is 18.3 Å². The van der Waals surface area contributed by atoms with E-state index in [0.717, 1.165) is 18.7 Å². The minimum atomic E-state index is -0.0796. The molecule has 3 heterocycles. The molecule has 1 unspecified atom stereocenters. The third-order valence-corrected chi connectivity index (χ3v) is 6.16. The van der Waals surface area contributed by atoms with Crippen molar-refractivity contribution in [3.05, 3.63) is 59.9 Å². The predicted octanol–water partition coefficient (Wildman–Crippen LogP) is 2.69. The van der Waals surface area contributed by atoms with Gasteiger partial charge in [0.1, 0.15) is 6.61 Å². The fourth-order valence-corrected chi connectivity index (χ4v) is 4.17. The molecule has 2 saturated heterocycles. The summed E-state index contributed by atoms with van der Waals surface area (Å²) < 4.78 is 10.3. The minimum Gasteiger partial charge on any atom is -0.382 e. The highest BCUT2D eigenvalue weighted by Gasteiger charge is 2.32. The number of benzene rings is 1. The van der Waals surface area contributed by atoms with Crippen LogP contribution in [0.15, 0.2) is 48.8 Å². The number of pyridine rings is 1. The Balaban J connectivity index is 1.22. The van der Waals surface area contributed by atoms with E-state index >= 15 is 0 Å². The molecule has 0 saturated carbocycles. The summed E-state index contributed by atoms with van der Waals surface area (Å²) in [6.07, 6.45) is 4.56. The molecule has 8 heteroatoms. The minimum absolute atomic E-state index is 0.0200. The van der Waals surface area contributed by atoms with E-state index < -0.39 is 0 Å². The Hall–Kier alpha value is -2.97. The van der Waals surface area contributed by atoms with Crippen LogP contribution < -0.4 is 5.32 Å². The van der Waals surface area contributed by atoms with Gasteiger partial charge in [0.15, 0.2) is 0 Å². The number of anilines is 1. The van der Waals surface area contributed by atoms with Gasteiger partial charge in [0.2, 0.25) is 5.91 Å². The molecule has 2 aliphatic rings. The summed E-state index contributed by atoms with van der Waals surface area (Å²) in [4.78, 5) is 32.6. The standard InChI is InChI=1S/C24H30N4O4/c1-31-11-12-32-17-23(29)27-10-8-20(14-27)18-4-6-22(7-5-18)26-24(30)28-15-21(16-28)19-3-2-9-25-13-19/h2-7,9,13,20-21H,8,10-12,14-17H2,1H3,(H,26,30). The molecule has 32 heavy (non-hydrogen) atoms. The van der Waals surface area contributed by atoms with Crippen molar-refractivity contribution >= 4 is 17.6 Å². The number of aromatic nitrogens is 1. The SMILES string of the molecule is COCCOCC(=O)N1CCC(c2ccc(NC(=O)N3CC(c4cccnc4)C3)cc2)C1. The summed E-state index contributed by atoms with van der Waals surface area (Å²) in [6, 6.07) is 11.8. The quantitative estimate of drug-likeness (QED) is 0.641. The lowest BCUT2D eigenvalue weighted by Crippen LogP contribution is -2.50. The Morgan fingerprint density at radius 3 is 2.53 bits per heavy atom. The number of carbonyl (C=O) groups is 2. The number of hydrogen-bond acceptors (Lipinski definition) is 5. The Morgan fingerprint density at radius 2 is 1.81 bits per heavy atom. The van der Waals surface area contributed by atoms with Gasteiger partial charge in [-0.25, -0.2) is 4.79 Å².